The molecule has 26 heavy (non-hydrogen) atoms. The Balaban J connectivity index is 0.00000338. The number of nitrogens with zero attached hydrogens (tertiary/aromatic N) is 1. The number of halogens is 1. The van der Waals surface area contributed by atoms with Crippen LogP contribution in [0.5, 0.6) is 5.75 Å². The van der Waals surface area contributed by atoms with Crippen molar-refractivity contribution in [2.75, 3.05) is 46.5 Å². The van der Waals surface area contributed by atoms with Gasteiger partial charge >= 0.3 is 0 Å². The maximum Gasteiger partial charge on any atom is 0.257 e. The summed E-state index contributed by atoms with van der Waals surface area (Å²) in [6.45, 7) is 2.76. The number of methoxy groups -OCH3 is 1. The van der Waals surface area contributed by atoms with Gasteiger partial charge in [0.1, 0.15) is 12.4 Å². The van der Waals surface area contributed by atoms with Crippen molar-refractivity contribution in [1.29, 1.82) is 0 Å². The quantitative estimate of drug-likeness (QED) is 0.652. The first-order valence-electron chi connectivity index (χ1n) is 8.65. The average molecular weight is 386 g/mol. The molecule has 1 aromatic rings. The Morgan fingerprint density at radius 2 is 2.08 bits per heavy atom. The van der Waals surface area contributed by atoms with Crippen LogP contribution in [-0.2, 0) is 9.53 Å². The smallest absolute Gasteiger partial charge is 0.257 e. The second-order valence-electron chi connectivity index (χ2n) is 6.01. The number of rotatable bonds is 8. The van der Waals surface area contributed by atoms with Crippen molar-refractivity contribution in [2.24, 2.45) is 11.7 Å². The van der Waals surface area contributed by atoms with E-state index in [4.69, 9.17) is 15.2 Å². The lowest BCUT2D eigenvalue weighted by atomic mass is 9.96. The summed E-state index contributed by atoms with van der Waals surface area (Å²) < 4.78 is 10.6. The molecule has 0 bridgehead atoms. The van der Waals surface area contributed by atoms with Gasteiger partial charge in [-0.2, -0.15) is 0 Å². The number of likely N-dealkylation sites (tertiary alicyclic amines) is 1. The summed E-state index contributed by atoms with van der Waals surface area (Å²) in [5.74, 6) is 0.210. The van der Waals surface area contributed by atoms with E-state index in [-0.39, 0.29) is 30.1 Å². The Bertz CT molecular complexity index is 585. The van der Waals surface area contributed by atoms with E-state index in [0.717, 1.165) is 12.8 Å². The maximum atomic E-state index is 12.9. The number of nitrogens with one attached hydrogen (secondary N) is 1. The number of carbonyl (C=O) groups is 2. The van der Waals surface area contributed by atoms with E-state index in [2.05, 4.69) is 5.32 Å². The van der Waals surface area contributed by atoms with E-state index in [9.17, 15) is 9.59 Å². The van der Waals surface area contributed by atoms with Crippen LogP contribution in [0.15, 0.2) is 24.3 Å². The Morgan fingerprint density at radius 1 is 1.31 bits per heavy atom. The third-order valence-electron chi connectivity index (χ3n) is 4.19. The highest BCUT2D eigenvalue weighted by atomic mass is 35.5. The molecule has 1 aromatic carbocycles. The molecule has 1 atom stereocenters. The topological polar surface area (TPSA) is 93.9 Å². The van der Waals surface area contributed by atoms with Gasteiger partial charge in [-0.1, -0.05) is 12.1 Å². The zero-order chi connectivity index (χ0) is 18.1. The fourth-order valence-corrected chi connectivity index (χ4v) is 2.89. The molecule has 1 fully saturated rings. The van der Waals surface area contributed by atoms with Crippen LogP contribution in [0.4, 0.5) is 0 Å². The fourth-order valence-electron chi connectivity index (χ4n) is 2.89. The Morgan fingerprint density at radius 3 is 2.81 bits per heavy atom. The van der Waals surface area contributed by atoms with E-state index in [1.165, 1.54) is 0 Å². The Labute approximate surface area is 160 Å². The van der Waals surface area contributed by atoms with Crippen LogP contribution in [0.25, 0.3) is 0 Å². The number of hydrogen-bond acceptors (Lipinski definition) is 5. The predicted molar refractivity (Wildman–Crippen MR) is 102 cm³/mol. The molecule has 1 heterocycles. The zero-order valence-electron chi connectivity index (χ0n) is 15.1. The second kappa shape index (κ2) is 11.7. The van der Waals surface area contributed by atoms with Crippen LogP contribution in [-0.4, -0.2) is 63.2 Å². The molecule has 0 aliphatic carbocycles. The van der Waals surface area contributed by atoms with Gasteiger partial charge in [0.05, 0.1) is 18.1 Å². The molecule has 0 aromatic heterocycles. The first kappa shape index (κ1) is 22.2. The summed E-state index contributed by atoms with van der Waals surface area (Å²) in [7, 11) is 1.60. The monoisotopic (exact) mass is 385 g/mol. The molecule has 3 N–H and O–H groups in total. The van der Waals surface area contributed by atoms with Crippen molar-refractivity contribution in [3.05, 3.63) is 29.8 Å². The molecule has 1 unspecified atom stereocenters. The molecule has 146 valence electrons. The summed E-state index contributed by atoms with van der Waals surface area (Å²) >= 11 is 0. The lowest BCUT2D eigenvalue weighted by Gasteiger charge is -2.32. The van der Waals surface area contributed by atoms with Crippen LogP contribution in [0.3, 0.4) is 0 Å². The largest absolute Gasteiger partial charge is 0.490 e. The first-order valence-corrected chi connectivity index (χ1v) is 8.65. The number of amides is 2. The van der Waals surface area contributed by atoms with Crippen LogP contribution < -0.4 is 15.8 Å². The van der Waals surface area contributed by atoms with Gasteiger partial charge in [0.25, 0.3) is 5.91 Å². The van der Waals surface area contributed by atoms with Gasteiger partial charge in [0.15, 0.2) is 0 Å². The van der Waals surface area contributed by atoms with Crippen LogP contribution >= 0.6 is 12.4 Å². The van der Waals surface area contributed by atoms with Crippen molar-refractivity contribution in [3.63, 3.8) is 0 Å². The van der Waals surface area contributed by atoms with Gasteiger partial charge in [0.2, 0.25) is 5.91 Å². The number of nitrogens with two attached hydrogens (primary N) is 1. The summed E-state index contributed by atoms with van der Waals surface area (Å²) in [5, 5.41) is 2.81. The van der Waals surface area contributed by atoms with Gasteiger partial charge in [0, 0.05) is 33.3 Å². The summed E-state index contributed by atoms with van der Waals surface area (Å²) in [6.07, 6.45) is 1.59. The number of carbonyl (C=O) groups excluding carboxylic acids is 2. The predicted octanol–water partition coefficient (Wildman–Crippen LogP) is 1.06. The van der Waals surface area contributed by atoms with Crippen molar-refractivity contribution in [2.45, 2.75) is 12.8 Å². The van der Waals surface area contributed by atoms with Crippen molar-refractivity contribution < 1.29 is 19.1 Å². The molecule has 0 saturated carbocycles. The molecule has 1 saturated heterocycles. The average Bonchev–Trinajstić information content (AvgIpc) is 2.66. The Kier molecular flexibility index (Phi) is 10.0. The SMILES string of the molecule is COCCOc1ccccc1C(=O)N1CCCC(C(=O)NCCN)C1.Cl. The minimum atomic E-state index is -0.189. The highest BCUT2D eigenvalue weighted by Crippen LogP contribution is 2.24. The minimum absolute atomic E-state index is 0. The van der Waals surface area contributed by atoms with E-state index in [1.807, 2.05) is 12.1 Å². The first-order chi connectivity index (χ1) is 12.2. The minimum Gasteiger partial charge on any atom is -0.490 e. The lowest BCUT2D eigenvalue weighted by molar-refractivity contribution is -0.126. The third kappa shape index (κ3) is 6.16. The standard InChI is InChI=1S/C18H27N3O4.ClH/c1-24-11-12-25-16-7-3-2-6-15(16)18(23)21-10-4-5-14(13-21)17(22)20-9-8-19;/h2-3,6-7,14H,4-5,8-13,19H2,1H3,(H,20,22);1H. The summed E-state index contributed by atoms with van der Waals surface area (Å²) in [4.78, 5) is 26.8. The molecule has 2 rings (SSSR count). The highest BCUT2D eigenvalue weighted by molar-refractivity contribution is 5.97. The fraction of sp³-hybridized carbons (Fsp3) is 0.556. The van der Waals surface area contributed by atoms with Gasteiger partial charge in [-0.15, -0.1) is 12.4 Å². The molecule has 2 amide bonds. The molecule has 0 spiro atoms. The van der Waals surface area contributed by atoms with E-state index in [0.29, 0.717) is 50.7 Å². The third-order valence-corrected chi connectivity index (χ3v) is 4.19. The number of ether oxygens (including phenoxy) is 2. The molecule has 1 aliphatic heterocycles. The number of piperidine rings is 1. The molecular formula is C18H28ClN3O4. The van der Waals surface area contributed by atoms with Gasteiger partial charge in [-0.3, -0.25) is 9.59 Å². The lowest BCUT2D eigenvalue weighted by Crippen LogP contribution is -2.46. The van der Waals surface area contributed by atoms with Gasteiger partial charge in [-0.05, 0) is 25.0 Å². The van der Waals surface area contributed by atoms with Crippen molar-refractivity contribution in [1.82, 2.24) is 10.2 Å². The van der Waals surface area contributed by atoms with Crippen molar-refractivity contribution >= 4 is 24.2 Å². The molecule has 8 heteroatoms. The number of hydrogen-bond donors (Lipinski definition) is 2. The second-order valence-corrected chi connectivity index (χ2v) is 6.01. The summed E-state index contributed by atoms with van der Waals surface area (Å²) in [5.41, 5.74) is 5.94. The van der Waals surface area contributed by atoms with Crippen molar-refractivity contribution in [3.8, 4) is 5.75 Å². The van der Waals surface area contributed by atoms with Crippen LogP contribution in [0, 0.1) is 5.92 Å². The molecule has 0 radical (unpaired) electrons. The van der Waals surface area contributed by atoms with Crippen LogP contribution in [0.1, 0.15) is 23.2 Å². The van der Waals surface area contributed by atoms with E-state index in [1.54, 1.807) is 24.1 Å². The molecule has 1 aliphatic rings. The number of benzene rings is 1. The van der Waals surface area contributed by atoms with E-state index >= 15 is 0 Å². The Hall–Kier alpha value is -1.83. The number of para-hydroxylation sites is 1. The molecular weight excluding hydrogens is 358 g/mol. The molecule has 7 nitrogen and oxygen atoms in total. The summed E-state index contributed by atoms with van der Waals surface area (Å²) in [6, 6.07) is 7.17. The normalized spacial score (nSPS) is 16.5. The van der Waals surface area contributed by atoms with E-state index < -0.39 is 0 Å². The highest BCUT2D eigenvalue weighted by Gasteiger charge is 2.29. The van der Waals surface area contributed by atoms with Gasteiger partial charge < -0.3 is 25.4 Å². The maximum absolute atomic E-state index is 12.9. The van der Waals surface area contributed by atoms with Crippen LogP contribution in [0.2, 0.25) is 0 Å². The van der Waals surface area contributed by atoms with Gasteiger partial charge in [-0.25, -0.2) is 0 Å². The zero-order valence-corrected chi connectivity index (χ0v) is 15.9.